The summed E-state index contributed by atoms with van der Waals surface area (Å²) < 4.78 is 0. The van der Waals surface area contributed by atoms with Crippen LogP contribution in [0.25, 0.3) is 0 Å². The fourth-order valence-electron chi connectivity index (χ4n) is 1.94. The molecule has 1 aromatic carbocycles. The Morgan fingerprint density at radius 3 is 2.82 bits per heavy atom. The van der Waals surface area contributed by atoms with E-state index in [0.29, 0.717) is 17.8 Å². The molecule has 0 fully saturated rings. The molecule has 0 radical (unpaired) electrons. The molecule has 3 N–H and O–H groups in total. The fourth-order valence-corrected chi connectivity index (χ4v) is 2.87. The molecule has 1 aliphatic rings. The third-order valence-electron chi connectivity index (χ3n) is 3.15. The van der Waals surface area contributed by atoms with Gasteiger partial charge < -0.3 is 16.0 Å². The lowest BCUT2D eigenvalue weighted by molar-refractivity contribution is -0.120. The molecule has 2 rings (SSSR count). The van der Waals surface area contributed by atoms with E-state index in [2.05, 4.69) is 16.0 Å². The normalized spacial score (nSPS) is 16.5. The number of amides is 3. The van der Waals surface area contributed by atoms with E-state index in [4.69, 9.17) is 0 Å². The first-order chi connectivity index (χ1) is 10.5. The van der Waals surface area contributed by atoms with Crippen molar-refractivity contribution < 1.29 is 14.4 Å². The Hall–Kier alpha value is -2.02. The van der Waals surface area contributed by atoms with Crippen LogP contribution < -0.4 is 16.0 Å². The number of rotatable bonds is 5. The Labute approximate surface area is 133 Å². The van der Waals surface area contributed by atoms with Crippen molar-refractivity contribution in [2.75, 3.05) is 18.4 Å². The molecule has 6 nitrogen and oxygen atoms in total. The number of carbonyl (C=O) groups excluding carboxylic acids is 3. The van der Waals surface area contributed by atoms with Crippen LogP contribution in [0.1, 0.15) is 30.6 Å². The summed E-state index contributed by atoms with van der Waals surface area (Å²) in [5.41, 5.74) is 1.05. The molecule has 0 aliphatic carbocycles. The fraction of sp³-hybridized carbons (Fsp3) is 0.400. The molecule has 3 amide bonds. The molecule has 0 saturated carbocycles. The Morgan fingerprint density at radius 1 is 1.32 bits per heavy atom. The summed E-state index contributed by atoms with van der Waals surface area (Å²) in [6, 6.07) is 5.13. The number of hydrogen-bond donors (Lipinski definition) is 3. The lowest BCUT2D eigenvalue weighted by atomic mass is 10.1. The number of thioether (sulfide) groups is 1. The second kappa shape index (κ2) is 7.31. The van der Waals surface area contributed by atoms with E-state index in [1.807, 2.05) is 19.9 Å². The number of carbonyl (C=O) groups is 3. The number of benzene rings is 1. The molecule has 1 heterocycles. The van der Waals surface area contributed by atoms with Gasteiger partial charge in [-0.1, -0.05) is 6.92 Å². The second-order valence-corrected chi connectivity index (χ2v) is 6.38. The topological polar surface area (TPSA) is 87.3 Å². The predicted molar refractivity (Wildman–Crippen MR) is 86.0 cm³/mol. The first kappa shape index (κ1) is 16.4. The maximum absolute atomic E-state index is 12.0. The molecule has 1 aromatic rings. The molecule has 118 valence electrons. The van der Waals surface area contributed by atoms with Crippen LogP contribution in [0, 0.1) is 0 Å². The van der Waals surface area contributed by atoms with Crippen LogP contribution in [-0.2, 0) is 9.59 Å². The number of fused-ring (bicyclic) bond motifs is 1. The number of anilines is 1. The minimum atomic E-state index is -0.340. The van der Waals surface area contributed by atoms with E-state index < -0.39 is 0 Å². The van der Waals surface area contributed by atoms with Gasteiger partial charge in [-0.2, -0.15) is 0 Å². The molecule has 0 spiro atoms. The van der Waals surface area contributed by atoms with Gasteiger partial charge in [-0.15, -0.1) is 11.8 Å². The van der Waals surface area contributed by atoms with Gasteiger partial charge in [-0.3, -0.25) is 14.4 Å². The van der Waals surface area contributed by atoms with Gasteiger partial charge in [-0.05, 0) is 31.5 Å². The highest BCUT2D eigenvalue weighted by molar-refractivity contribution is 8.00. The highest BCUT2D eigenvalue weighted by Gasteiger charge is 2.23. The molecule has 1 atom stereocenters. The molecular weight excluding hydrogens is 302 g/mol. The van der Waals surface area contributed by atoms with Gasteiger partial charge in [0.25, 0.3) is 5.91 Å². The van der Waals surface area contributed by atoms with Crippen molar-refractivity contribution in [3.8, 4) is 0 Å². The van der Waals surface area contributed by atoms with Crippen LogP contribution in [0.15, 0.2) is 23.1 Å². The Balaban J connectivity index is 1.98. The van der Waals surface area contributed by atoms with Crippen molar-refractivity contribution in [3.63, 3.8) is 0 Å². The number of hydrogen-bond acceptors (Lipinski definition) is 4. The maximum atomic E-state index is 12.0. The molecule has 0 aromatic heterocycles. The Bertz CT molecular complexity index is 604. The first-order valence-corrected chi connectivity index (χ1v) is 8.05. The smallest absolute Gasteiger partial charge is 0.251 e. The van der Waals surface area contributed by atoms with Crippen LogP contribution in [-0.4, -0.2) is 36.1 Å². The zero-order chi connectivity index (χ0) is 16.1. The summed E-state index contributed by atoms with van der Waals surface area (Å²) >= 11 is 1.46. The van der Waals surface area contributed by atoms with Gasteiger partial charge in [-0.25, -0.2) is 0 Å². The molecule has 22 heavy (non-hydrogen) atoms. The van der Waals surface area contributed by atoms with Crippen LogP contribution in [0.4, 0.5) is 5.69 Å². The van der Waals surface area contributed by atoms with E-state index in [0.717, 1.165) is 11.3 Å². The van der Waals surface area contributed by atoms with Gasteiger partial charge in [0, 0.05) is 17.0 Å². The minimum absolute atomic E-state index is 0.0614. The highest BCUT2D eigenvalue weighted by Crippen LogP contribution is 2.35. The molecule has 0 bridgehead atoms. The molecule has 7 heteroatoms. The van der Waals surface area contributed by atoms with Crippen molar-refractivity contribution >= 4 is 35.2 Å². The third kappa shape index (κ3) is 4.00. The maximum Gasteiger partial charge on any atom is 0.251 e. The zero-order valence-corrected chi connectivity index (χ0v) is 13.4. The van der Waals surface area contributed by atoms with Crippen molar-refractivity contribution in [2.45, 2.75) is 30.4 Å². The summed E-state index contributed by atoms with van der Waals surface area (Å²) in [6.45, 7) is 4.32. The van der Waals surface area contributed by atoms with E-state index in [-0.39, 0.29) is 29.5 Å². The van der Waals surface area contributed by atoms with Crippen molar-refractivity contribution in [2.24, 2.45) is 0 Å². The van der Waals surface area contributed by atoms with Crippen molar-refractivity contribution in [1.82, 2.24) is 10.6 Å². The summed E-state index contributed by atoms with van der Waals surface area (Å²) in [5, 5.41) is 7.88. The van der Waals surface area contributed by atoms with Gasteiger partial charge in [0.2, 0.25) is 11.8 Å². The Kier molecular flexibility index (Phi) is 5.43. The second-order valence-electron chi connectivity index (χ2n) is 4.99. The summed E-state index contributed by atoms with van der Waals surface area (Å²) in [5.74, 6) is -0.632. The van der Waals surface area contributed by atoms with Gasteiger partial charge in [0.05, 0.1) is 17.5 Å². The zero-order valence-electron chi connectivity index (χ0n) is 12.6. The molecule has 1 unspecified atom stereocenters. The predicted octanol–water partition coefficient (Wildman–Crippen LogP) is 1.38. The first-order valence-electron chi connectivity index (χ1n) is 7.17. The van der Waals surface area contributed by atoms with Crippen molar-refractivity contribution in [3.05, 3.63) is 23.8 Å². The lowest BCUT2D eigenvalue weighted by Gasteiger charge is -2.21. The van der Waals surface area contributed by atoms with Gasteiger partial charge in [0.1, 0.15) is 0 Å². The largest absolute Gasteiger partial charge is 0.355 e. The lowest BCUT2D eigenvalue weighted by Crippen LogP contribution is -2.37. The highest BCUT2D eigenvalue weighted by atomic mass is 32.2. The average Bonchev–Trinajstić information content (AvgIpc) is 2.51. The van der Waals surface area contributed by atoms with E-state index in [9.17, 15) is 14.4 Å². The van der Waals surface area contributed by atoms with E-state index in [1.54, 1.807) is 12.1 Å². The van der Waals surface area contributed by atoms with Crippen LogP contribution in [0.5, 0.6) is 0 Å². The molecule has 0 saturated heterocycles. The van der Waals surface area contributed by atoms with Crippen LogP contribution >= 0.6 is 11.8 Å². The van der Waals surface area contributed by atoms with Crippen molar-refractivity contribution in [1.29, 1.82) is 0 Å². The quantitative estimate of drug-likeness (QED) is 0.764. The molecule has 1 aliphatic heterocycles. The standard InChI is InChI=1S/C15H19N3O3S/c1-3-6-16-13(19)8-17-15(21)10-4-5-12-11(7-10)18-14(20)9(2)22-12/h4-5,7,9H,3,6,8H2,1-2H3,(H,16,19)(H,17,21)(H,18,20). The van der Waals surface area contributed by atoms with Gasteiger partial charge >= 0.3 is 0 Å². The summed E-state index contributed by atoms with van der Waals surface area (Å²) in [7, 11) is 0. The molecular formula is C15H19N3O3S. The monoisotopic (exact) mass is 321 g/mol. The van der Waals surface area contributed by atoms with E-state index in [1.165, 1.54) is 11.8 Å². The summed E-state index contributed by atoms with van der Waals surface area (Å²) in [6.07, 6.45) is 0.848. The summed E-state index contributed by atoms with van der Waals surface area (Å²) in [4.78, 5) is 36.1. The Morgan fingerprint density at radius 2 is 2.09 bits per heavy atom. The van der Waals surface area contributed by atoms with Crippen LogP contribution in [0.2, 0.25) is 0 Å². The van der Waals surface area contributed by atoms with E-state index >= 15 is 0 Å². The minimum Gasteiger partial charge on any atom is -0.355 e. The van der Waals surface area contributed by atoms with Gasteiger partial charge in [0.15, 0.2) is 0 Å². The third-order valence-corrected chi connectivity index (χ3v) is 4.33. The average molecular weight is 321 g/mol. The SMILES string of the molecule is CCCNC(=O)CNC(=O)c1ccc2c(c1)NC(=O)C(C)S2. The van der Waals surface area contributed by atoms with Crippen LogP contribution in [0.3, 0.4) is 0 Å². The number of nitrogens with one attached hydrogen (secondary N) is 3.